The number of aryl methyl sites for hydroxylation is 1. The van der Waals surface area contributed by atoms with Gasteiger partial charge in [0.1, 0.15) is 16.8 Å². The van der Waals surface area contributed by atoms with E-state index < -0.39 is 0 Å². The van der Waals surface area contributed by atoms with Gasteiger partial charge in [-0.2, -0.15) is 0 Å². The fraction of sp³-hybridized carbons (Fsp3) is 0.333. The molecule has 0 fully saturated rings. The minimum absolute atomic E-state index is 0.00239. The number of furan rings is 2. The first-order valence-corrected chi connectivity index (χ1v) is 25.2. The number of benzene rings is 7. The van der Waals surface area contributed by atoms with Crippen LogP contribution in [0.4, 0.5) is 28.4 Å². The summed E-state index contributed by atoms with van der Waals surface area (Å²) in [4.78, 5) is 5.22. The van der Waals surface area contributed by atoms with E-state index in [-0.39, 0.29) is 33.9 Å². The van der Waals surface area contributed by atoms with Gasteiger partial charge in [-0.25, -0.2) is 0 Å². The topological polar surface area (TPSA) is 32.8 Å². The molecule has 0 saturated carbocycles. The fourth-order valence-electron chi connectivity index (χ4n) is 13.0. The zero-order valence-electron chi connectivity index (χ0n) is 42.1. The van der Waals surface area contributed by atoms with Gasteiger partial charge in [0.15, 0.2) is 5.58 Å². The molecule has 4 nitrogen and oxygen atoms in total. The second-order valence-corrected chi connectivity index (χ2v) is 24.7. The summed E-state index contributed by atoms with van der Waals surface area (Å²) in [5.74, 6) is 0. The highest BCUT2D eigenvalue weighted by molar-refractivity contribution is 6.93. The minimum atomic E-state index is -0.309. The van der Waals surface area contributed by atoms with Crippen molar-refractivity contribution in [3.05, 3.63) is 149 Å². The summed E-state index contributed by atoms with van der Waals surface area (Å²) in [5.41, 5.74) is 21.5. The molecule has 0 bridgehead atoms. The molecule has 0 amide bonds. The van der Waals surface area contributed by atoms with Crippen LogP contribution in [0.25, 0.3) is 54.8 Å². The normalized spacial score (nSPS) is 18.4. The molecule has 9 aromatic rings. The molecule has 0 unspecified atom stereocenters. The Hall–Kier alpha value is -6.20. The zero-order valence-corrected chi connectivity index (χ0v) is 42.1. The van der Waals surface area contributed by atoms with Crippen LogP contribution in [0, 0.1) is 6.92 Å². The van der Waals surface area contributed by atoms with Crippen molar-refractivity contribution in [3.63, 3.8) is 0 Å². The maximum atomic E-state index is 7.73. The van der Waals surface area contributed by atoms with Gasteiger partial charge < -0.3 is 18.5 Å². The molecule has 0 saturated heterocycles. The van der Waals surface area contributed by atoms with Crippen LogP contribution in [0.3, 0.4) is 0 Å². The first-order chi connectivity index (χ1) is 32.2. The molecule has 0 spiro atoms. The van der Waals surface area contributed by atoms with Gasteiger partial charge in [-0.1, -0.05) is 137 Å². The molecule has 340 valence electrons. The van der Waals surface area contributed by atoms with Gasteiger partial charge in [-0.3, -0.25) is 0 Å². The number of rotatable bonds is 2. The Morgan fingerprint density at radius 3 is 1.76 bits per heavy atom. The van der Waals surface area contributed by atoms with Gasteiger partial charge in [0.25, 0.3) is 0 Å². The van der Waals surface area contributed by atoms with Gasteiger partial charge in [0.2, 0.25) is 0 Å². The standard InChI is InChI=1S/C63H63BN2O2/c1-36-29-46-48(62(9,10)27-25-60(46,5)6)34-50(36)65-55-45-33-47-49(63(11,12)28-26-61(47,7)8)35-53(45)68-58(55)64-54-43(32-44-41-19-15-16-20-52(41)67-57(44)56(54)65)42-30-37-17-13-14-18-38(37)31-51(42)66(64)40-23-21-39(22-24-40)59(2,3)4/h13-24,29-35H,25-28H2,1-12H3. The second-order valence-electron chi connectivity index (χ2n) is 24.7. The van der Waals surface area contributed by atoms with E-state index in [2.05, 4.69) is 208 Å². The summed E-state index contributed by atoms with van der Waals surface area (Å²) in [6.07, 6.45) is 4.57. The molecule has 68 heavy (non-hydrogen) atoms. The van der Waals surface area contributed by atoms with E-state index in [9.17, 15) is 0 Å². The molecule has 0 radical (unpaired) electrons. The van der Waals surface area contributed by atoms with Crippen molar-refractivity contribution in [2.45, 2.75) is 136 Å². The van der Waals surface area contributed by atoms with Gasteiger partial charge in [0, 0.05) is 38.8 Å². The van der Waals surface area contributed by atoms with Crippen molar-refractivity contribution in [1.82, 2.24) is 0 Å². The summed E-state index contributed by atoms with van der Waals surface area (Å²) in [5, 5.41) is 5.87. The molecular weight excluding hydrogens is 828 g/mol. The number of nitrogens with zero attached hydrogens (tertiary/aromatic N) is 2. The Bertz CT molecular complexity index is 3650. The van der Waals surface area contributed by atoms with Crippen molar-refractivity contribution >= 4 is 90.1 Å². The van der Waals surface area contributed by atoms with Gasteiger partial charge in [-0.15, -0.1) is 0 Å². The van der Waals surface area contributed by atoms with Crippen LogP contribution in [0.1, 0.15) is 135 Å². The number of fused-ring (bicyclic) bond motifs is 13. The molecule has 2 aliphatic carbocycles. The Labute approximate surface area is 402 Å². The predicted molar refractivity (Wildman–Crippen MR) is 289 cm³/mol. The molecule has 13 rings (SSSR count). The second kappa shape index (κ2) is 13.5. The zero-order chi connectivity index (χ0) is 47.2. The number of anilines is 5. The smallest absolute Gasteiger partial charge is 0.376 e. The highest BCUT2D eigenvalue weighted by atomic mass is 16.3. The molecule has 4 aliphatic rings. The third-order valence-corrected chi connectivity index (χ3v) is 17.4. The first kappa shape index (κ1) is 41.9. The Balaban J connectivity index is 1.23. The SMILES string of the molecule is Cc1cc2c(cc1N1c3c(oc4cc5c(cc34)C(C)(C)CCC5(C)C)B3c4c(cc5c(oc6ccccc65)c41)-c1cc4ccccc4cc1N3c1ccc(C(C)(C)C)cc1)C(C)(C)CCC2(C)C. The lowest BCUT2D eigenvalue weighted by molar-refractivity contribution is 0.332. The number of hydrogen-bond donors (Lipinski definition) is 0. The highest BCUT2D eigenvalue weighted by Crippen LogP contribution is 2.57. The molecule has 4 heterocycles. The monoisotopic (exact) mass is 890 g/mol. The van der Waals surface area contributed by atoms with Crippen molar-refractivity contribution in [2.75, 3.05) is 9.71 Å². The lowest BCUT2D eigenvalue weighted by Crippen LogP contribution is -2.61. The predicted octanol–water partition coefficient (Wildman–Crippen LogP) is 16.5. The number of para-hydroxylation sites is 1. The van der Waals surface area contributed by atoms with Crippen LogP contribution in [0.5, 0.6) is 0 Å². The summed E-state index contributed by atoms with van der Waals surface area (Å²) in [6.45, 7) is 28.4. The van der Waals surface area contributed by atoms with E-state index in [1.165, 1.54) is 72.1 Å². The average molecular weight is 891 g/mol. The largest absolute Gasteiger partial charge is 0.466 e. The van der Waals surface area contributed by atoms with E-state index in [0.717, 1.165) is 81.3 Å². The maximum absolute atomic E-state index is 7.73. The van der Waals surface area contributed by atoms with Crippen LogP contribution < -0.4 is 20.8 Å². The molecule has 2 aliphatic heterocycles. The van der Waals surface area contributed by atoms with E-state index in [1.54, 1.807) is 0 Å². The van der Waals surface area contributed by atoms with Crippen LogP contribution in [-0.4, -0.2) is 6.85 Å². The van der Waals surface area contributed by atoms with Crippen LogP contribution in [-0.2, 0) is 27.1 Å². The highest BCUT2D eigenvalue weighted by Gasteiger charge is 2.51. The summed E-state index contributed by atoms with van der Waals surface area (Å²) in [7, 11) is 0. The van der Waals surface area contributed by atoms with Gasteiger partial charge in [0.05, 0.1) is 11.4 Å². The fourth-order valence-corrected chi connectivity index (χ4v) is 13.0. The summed E-state index contributed by atoms with van der Waals surface area (Å²) >= 11 is 0. The van der Waals surface area contributed by atoms with Gasteiger partial charge in [-0.05, 0) is 169 Å². The lowest BCUT2D eigenvalue weighted by Gasteiger charge is -2.45. The van der Waals surface area contributed by atoms with Crippen LogP contribution in [0.2, 0.25) is 0 Å². The maximum Gasteiger partial charge on any atom is 0.376 e. The average Bonchev–Trinajstić information content (AvgIpc) is 3.87. The van der Waals surface area contributed by atoms with Crippen molar-refractivity contribution in [3.8, 4) is 11.1 Å². The Kier molecular flexibility index (Phi) is 8.34. The molecule has 0 atom stereocenters. The van der Waals surface area contributed by atoms with E-state index in [0.29, 0.717) is 0 Å². The Morgan fingerprint density at radius 1 is 0.515 bits per heavy atom. The molecule has 0 N–H and O–H groups in total. The van der Waals surface area contributed by atoms with Crippen molar-refractivity contribution < 1.29 is 8.83 Å². The third-order valence-electron chi connectivity index (χ3n) is 17.4. The lowest BCUT2D eigenvalue weighted by atomic mass is 9.45. The summed E-state index contributed by atoms with van der Waals surface area (Å²) in [6, 6.07) is 44.2. The van der Waals surface area contributed by atoms with Crippen LogP contribution >= 0.6 is 0 Å². The van der Waals surface area contributed by atoms with E-state index in [1.807, 2.05) is 0 Å². The molecular formula is C63H63BN2O2. The molecule has 5 heteroatoms. The molecule has 2 aromatic heterocycles. The summed E-state index contributed by atoms with van der Waals surface area (Å²) < 4.78 is 15.1. The first-order valence-electron chi connectivity index (χ1n) is 25.2. The minimum Gasteiger partial charge on any atom is -0.466 e. The van der Waals surface area contributed by atoms with E-state index >= 15 is 0 Å². The van der Waals surface area contributed by atoms with E-state index in [4.69, 9.17) is 8.83 Å². The van der Waals surface area contributed by atoms with Crippen molar-refractivity contribution in [2.24, 2.45) is 0 Å². The Morgan fingerprint density at radius 2 is 1.10 bits per heavy atom. The van der Waals surface area contributed by atoms with Gasteiger partial charge >= 0.3 is 6.85 Å². The van der Waals surface area contributed by atoms with Crippen LogP contribution in [0.15, 0.2) is 124 Å². The number of hydrogen-bond acceptors (Lipinski definition) is 4. The third kappa shape index (κ3) is 5.74. The van der Waals surface area contributed by atoms with Crippen molar-refractivity contribution in [1.29, 1.82) is 0 Å². The quantitative estimate of drug-likeness (QED) is 0.162. The molecule has 7 aromatic carbocycles.